The topological polar surface area (TPSA) is 122 Å². The number of amides is 1. The number of sulfonamides is 1. The van der Waals surface area contributed by atoms with Crippen LogP contribution in [0.3, 0.4) is 0 Å². The van der Waals surface area contributed by atoms with E-state index in [-0.39, 0.29) is 4.90 Å². The Morgan fingerprint density at radius 1 is 1.32 bits per heavy atom. The van der Waals surface area contributed by atoms with Crippen molar-refractivity contribution in [2.24, 2.45) is 0 Å². The van der Waals surface area contributed by atoms with Crippen LogP contribution < -0.4 is 10.0 Å². The first kappa shape index (κ1) is 16.4. The second-order valence-electron chi connectivity index (χ2n) is 4.88. The molecule has 1 aromatic rings. The van der Waals surface area contributed by atoms with Crippen LogP contribution in [0.4, 0.5) is 0 Å². The van der Waals surface area contributed by atoms with E-state index in [2.05, 4.69) is 10.0 Å². The number of hydrogen-bond acceptors (Lipinski definition) is 5. The fourth-order valence-electron chi connectivity index (χ4n) is 1.91. The second-order valence-corrected chi connectivity index (χ2v) is 6.64. The zero-order chi connectivity index (χ0) is 16.3. The molecule has 0 fully saturated rings. The van der Waals surface area contributed by atoms with Gasteiger partial charge in [-0.3, -0.25) is 9.59 Å². The quantitative estimate of drug-likeness (QED) is 0.652. The van der Waals surface area contributed by atoms with Gasteiger partial charge in [0, 0.05) is 0 Å². The Hall–Kier alpha value is -1.97. The average Bonchev–Trinajstić information content (AvgIpc) is 2.92. The van der Waals surface area contributed by atoms with E-state index in [1.165, 1.54) is 19.1 Å². The standard InChI is InChI=1S/C13H16N2O6S/c1-8(13(17)18)15-12(16)5-14-22(19,20)11-3-2-9-6-21-7-10(9)4-11/h2-4,8,14H,5-7H2,1H3,(H,15,16)(H,17,18)/t8-/m1/s1. The van der Waals surface area contributed by atoms with Gasteiger partial charge in [-0.25, -0.2) is 13.1 Å². The molecule has 0 spiro atoms. The minimum atomic E-state index is -3.85. The third-order valence-electron chi connectivity index (χ3n) is 3.17. The summed E-state index contributed by atoms with van der Waals surface area (Å²) in [6, 6.07) is 3.52. The Morgan fingerprint density at radius 2 is 2.00 bits per heavy atom. The average molecular weight is 328 g/mol. The van der Waals surface area contributed by atoms with Crippen LogP contribution in [0.15, 0.2) is 23.1 Å². The molecule has 1 aromatic carbocycles. The van der Waals surface area contributed by atoms with Crippen molar-refractivity contribution in [1.82, 2.24) is 10.0 Å². The molecule has 1 atom stereocenters. The van der Waals surface area contributed by atoms with Crippen molar-refractivity contribution in [2.75, 3.05) is 6.54 Å². The van der Waals surface area contributed by atoms with Crippen LogP contribution in [0.1, 0.15) is 18.1 Å². The van der Waals surface area contributed by atoms with E-state index in [0.717, 1.165) is 11.1 Å². The summed E-state index contributed by atoms with van der Waals surface area (Å²) < 4.78 is 31.6. The lowest BCUT2D eigenvalue weighted by atomic mass is 10.1. The van der Waals surface area contributed by atoms with Crippen molar-refractivity contribution in [2.45, 2.75) is 31.1 Å². The maximum absolute atomic E-state index is 12.1. The highest BCUT2D eigenvalue weighted by Crippen LogP contribution is 2.22. The molecular formula is C13H16N2O6S. The normalized spacial score (nSPS) is 15.1. The lowest BCUT2D eigenvalue weighted by Gasteiger charge is -2.11. The number of ether oxygens (including phenoxy) is 1. The molecule has 8 nitrogen and oxygen atoms in total. The number of rotatable bonds is 6. The molecule has 1 amide bonds. The molecule has 1 heterocycles. The summed E-state index contributed by atoms with van der Waals surface area (Å²) in [5.74, 6) is -1.92. The third kappa shape index (κ3) is 3.81. The zero-order valence-corrected chi connectivity index (χ0v) is 12.6. The van der Waals surface area contributed by atoms with Crippen molar-refractivity contribution >= 4 is 21.9 Å². The summed E-state index contributed by atoms with van der Waals surface area (Å²) in [5.41, 5.74) is 1.74. The van der Waals surface area contributed by atoms with E-state index in [9.17, 15) is 18.0 Å². The molecule has 0 bridgehead atoms. The van der Waals surface area contributed by atoms with Gasteiger partial charge in [-0.1, -0.05) is 6.07 Å². The molecular weight excluding hydrogens is 312 g/mol. The number of aliphatic carboxylic acids is 1. The molecule has 0 unspecified atom stereocenters. The highest BCUT2D eigenvalue weighted by atomic mass is 32.2. The van der Waals surface area contributed by atoms with Crippen molar-refractivity contribution in [3.05, 3.63) is 29.3 Å². The molecule has 0 radical (unpaired) electrons. The van der Waals surface area contributed by atoms with E-state index in [1.54, 1.807) is 6.07 Å². The van der Waals surface area contributed by atoms with E-state index < -0.39 is 34.5 Å². The van der Waals surface area contributed by atoms with Crippen LogP contribution in [0.25, 0.3) is 0 Å². The SMILES string of the molecule is C[C@@H](NC(=O)CNS(=O)(=O)c1ccc2c(c1)COC2)C(=O)O. The van der Waals surface area contributed by atoms with Crippen LogP contribution in [0.2, 0.25) is 0 Å². The number of carboxylic acid groups (broad SMARTS) is 1. The van der Waals surface area contributed by atoms with Gasteiger partial charge in [0.1, 0.15) is 6.04 Å². The maximum Gasteiger partial charge on any atom is 0.325 e. The molecule has 0 aromatic heterocycles. The molecule has 120 valence electrons. The molecule has 9 heteroatoms. The van der Waals surface area contributed by atoms with Crippen molar-refractivity contribution in [3.8, 4) is 0 Å². The van der Waals surface area contributed by atoms with Crippen LogP contribution >= 0.6 is 0 Å². The van der Waals surface area contributed by atoms with Crippen LogP contribution in [-0.2, 0) is 37.6 Å². The van der Waals surface area contributed by atoms with Gasteiger partial charge >= 0.3 is 5.97 Å². The van der Waals surface area contributed by atoms with Gasteiger partial charge in [-0.15, -0.1) is 0 Å². The van der Waals surface area contributed by atoms with Crippen LogP contribution in [-0.4, -0.2) is 38.0 Å². The Labute approximate surface area is 127 Å². The first-order chi connectivity index (χ1) is 10.3. The van der Waals surface area contributed by atoms with E-state index in [4.69, 9.17) is 9.84 Å². The number of carbonyl (C=O) groups is 2. The zero-order valence-electron chi connectivity index (χ0n) is 11.8. The molecule has 3 N–H and O–H groups in total. The number of hydrogen-bond donors (Lipinski definition) is 3. The number of nitrogens with one attached hydrogen (secondary N) is 2. The molecule has 2 rings (SSSR count). The first-order valence-corrected chi connectivity index (χ1v) is 7.99. The van der Waals surface area contributed by atoms with Crippen LogP contribution in [0, 0.1) is 0 Å². The fourth-order valence-corrected chi connectivity index (χ4v) is 2.95. The minimum Gasteiger partial charge on any atom is -0.480 e. The number of fused-ring (bicyclic) bond motifs is 1. The van der Waals surface area contributed by atoms with E-state index in [1.807, 2.05) is 0 Å². The first-order valence-electron chi connectivity index (χ1n) is 6.51. The maximum atomic E-state index is 12.1. The third-order valence-corrected chi connectivity index (χ3v) is 4.57. The summed E-state index contributed by atoms with van der Waals surface area (Å²) >= 11 is 0. The Morgan fingerprint density at radius 3 is 2.68 bits per heavy atom. The largest absolute Gasteiger partial charge is 0.480 e. The minimum absolute atomic E-state index is 0.0378. The lowest BCUT2D eigenvalue weighted by molar-refractivity contribution is -0.141. The number of carboxylic acids is 1. The van der Waals surface area contributed by atoms with E-state index in [0.29, 0.717) is 13.2 Å². The molecule has 0 saturated heterocycles. The van der Waals surface area contributed by atoms with Gasteiger partial charge in [0.2, 0.25) is 15.9 Å². The van der Waals surface area contributed by atoms with Gasteiger partial charge in [0.25, 0.3) is 0 Å². The van der Waals surface area contributed by atoms with Gasteiger partial charge < -0.3 is 15.2 Å². The molecule has 0 aliphatic carbocycles. The summed E-state index contributed by atoms with van der Waals surface area (Å²) in [4.78, 5) is 22.1. The molecule has 0 saturated carbocycles. The Bertz CT molecular complexity index is 700. The summed E-state index contributed by atoms with van der Waals surface area (Å²) in [5, 5.41) is 10.8. The van der Waals surface area contributed by atoms with Crippen LogP contribution in [0.5, 0.6) is 0 Å². The van der Waals surface area contributed by atoms with Gasteiger partial charge in [-0.05, 0) is 30.2 Å². The predicted molar refractivity (Wildman–Crippen MR) is 75.4 cm³/mol. The van der Waals surface area contributed by atoms with Crippen molar-refractivity contribution in [1.29, 1.82) is 0 Å². The highest BCUT2D eigenvalue weighted by molar-refractivity contribution is 7.89. The van der Waals surface area contributed by atoms with Crippen molar-refractivity contribution in [3.63, 3.8) is 0 Å². The smallest absolute Gasteiger partial charge is 0.325 e. The van der Waals surface area contributed by atoms with Gasteiger partial charge in [0.05, 0.1) is 24.7 Å². The van der Waals surface area contributed by atoms with E-state index >= 15 is 0 Å². The Kier molecular flexibility index (Phi) is 4.79. The number of carbonyl (C=O) groups excluding carboxylic acids is 1. The van der Waals surface area contributed by atoms with Crippen molar-refractivity contribution < 1.29 is 27.9 Å². The summed E-state index contributed by atoms with van der Waals surface area (Å²) in [6.45, 7) is 1.57. The molecule has 22 heavy (non-hydrogen) atoms. The van der Waals surface area contributed by atoms with Gasteiger partial charge in [-0.2, -0.15) is 0 Å². The predicted octanol–water partition coefficient (Wildman–Crippen LogP) is -0.416. The molecule has 1 aliphatic rings. The second kappa shape index (κ2) is 6.42. The monoisotopic (exact) mass is 328 g/mol. The fraction of sp³-hybridized carbons (Fsp3) is 0.385. The lowest BCUT2D eigenvalue weighted by Crippen LogP contribution is -2.43. The molecule has 1 aliphatic heterocycles. The number of benzene rings is 1. The Balaban J connectivity index is 1.99. The van der Waals surface area contributed by atoms with Gasteiger partial charge in [0.15, 0.2) is 0 Å². The highest BCUT2D eigenvalue weighted by Gasteiger charge is 2.20. The summed E-state index contributed by atoms with van der Waals surface area (Å²) in [7, 11) is -3.85. The summed E-state index contributed by atoms with van der Waals surface area (Å²) in [6.07, 6.45) is 0.